The number of anilines is 3. The average molecular weight is 562 g/mol. The number of nitrogens with zero attached hydrogens (tertiary/aromatic N) is 1. The lowest BCUT2D eigenvalue weighted by Crippen LogP contribution is -2.56. The smallest absolute Gasteiger partial charge is 0.115 e. The van der Waals surface area contributed by atoms with Crippen LogP contribution in [0.1, 0.15) is 0 Å². The van der Waals surface area contributed by atoms with Crippen molar-refractivity contribution in [2.45, 2.75) is 22.9 Å². The van der Waals surface area contributed by atoms with Crippen LogP contribution in [-0.4, -0.2) is 8.07 Å². The van der Waals surface area contributed by atoms with Crippen LogP contribution in [0.2, 0.25) is 13.1 Å². The highest BCUT2D eigenvalue weighted by Gasteiger charge is 2.36. The first-order valence-corrected chi connectivity index (χ1v) is 17.9. The molecule has 0 aliphatic carbocycles. The minimum atomic E-state index is -1.86. The fourth-order valence-corrected chi connectivity index (χ4v) is 11.5. The van der Waals surface area contributed by atoms with E-state index in [9.17, 15) is 0 Å². The van der Waals surface area contributed by atoms with E-state index in [1.165, 1.54) is 48.1 Å². The van der Waals surface area contributed by atoms with Gasteiger partial charge in [0.2, 0.25) is 0 Å². The van der Waals surface area contributed by atoms with Crippen molar-refractivity contribution in [1.82, 2.24) is 0 Å². The van der Waals surface area contributed by atoms with Crippen LogP contribution in [0.15, 0.2) is 161 Å². The van der Waals surface area contributed by atoms with Crippen molar-refractivity contribution in [3.8, 4) is 22.3 Å². The van der Waals surface area contributed by atoms with Gasteiger partial charge in [0.25, 0.3) is 0 Å². The topological polar surface area (TPSA) is 3.24 Å². The maximum absolute atomic E-state index is 2.49. The molecule has 0 saturated carbocycles. The first kappa shape index (κ1) is 25.6. The third kappa shape index (κ3) is 4.71. The maximum atomic E-state index is 2.49. The van der Waals surface area contributed by atoms with Crippen LogP contribution >= 0.6 is 11.8 Å². The van der Waals surface area contributed by atoms with Crippen LogP contribution in [0, 0.1) is 0 Å². The number of benzene rings is 6. The van der Waals surface area contributed by atoms with Gasteiger partial charge in [-0.1, -0.05) is 140 Å². The van der Waals surface area contributed by atoms with Crippen molar-refractivity contribution in [1.29, 1.82) is 0 Å². The molecule has 0 radical (unpaired) electrons. The molecule has 1 heterocycles. The van der Waals surface area contributed by atoms with Gasteiger partial charge in [-0.2, -0.15) is 0 Å². The second-order valence-corrected chi connectivity index (χ2v) is 16.4. The summed E-state index contributed by atoms with van der Waals surface area (Å²) in [5.41, 5.74) is 8.46. The zero-order valence-corrected chi connectivity index (χ0v) is 25.1. The summed E-state index contributed by atoms with van der Waals surface area (Å²) < 4.78 is 0. The Hall–Kier alpha value is -4.31. The van der Waals surface area contributed by atoms with Crippen LogP contribution in [0.25, 0.3) is 22.3 Å². The van der Waals surface area contributed by atoms with Gasteiger partial charge in [-0.3, -0.25) is 0 Å². The van der Waals surface area contributed by atoms with E-state index in [1.807, 2.05) is 11.8 Å². The Balaban J connectivity index is 1.37. The van der Waals surface area contributed by atoms with Gasteiger partial charge in [0.15, 0.2) is 0 Å². The van der Waals surface area contributed by atoms with Gasteiger partial charge >= 0.3 is 0 Å². The first-order valence-electron chi connectivity index (χ1n) is 14.1. The highest BCUT2D eigenvalue weighted by Crippen LogP contribution is 2.44. The Morgan fingerprint density at radius 3 is 1.46 bits per heavy atom. The Bertz CT molecular complexity index is 1730. The summed E-state index contributed by atoms with van der Waals surface area (Å²) in [6, 6.07) is 55.1. The Labute approximate surface area is 248 Å². The largest absolute Gasteiger partial charge is 0.309 e. The van der Waals surface area contributed by atoms with Crippen LogP contribution < -0.4 is 15.3 Å². The third-order valence-electron chi connectivity index (χ3n) is 8.15. The lowest BCUT2D eigenvalue weighted by molar-refractivity contribution is 1.23. The zero-order valence-electron chi connectivity index (χ0n) is 23.3. The fourth-order valence-electron chi connectivity index (χ4n) is 5.92. The zero-order chi connectivity index (χ0) is 27.8. The summed E-state index contributed by atoms with van der Waals surface area (Å²) >= 11 is 1.92. The van der Waals surface area contributed by atoms with Gasteiger partial charge < -0.3 is 4.90 Å². The average Bonchev–Trinajstić information content (AvgIpc) is 3.03. The van der Waals surface area contributed by atoms with Crippen molar-refractivity contribution < 1.29 is 0 Å². The van der Waals surface area contributed by atoms with Gasteiger partial charge in [-0.05, 0) is 69.0 Å². The summed E-state index contributed by atoms with van der Waals surface area (Å²) in [6.07, 6.45) is 0. The molecule has 0 unspecified atom stereocenters. The van der Waals surface area contributed by atoms with Crippen molar-refractivity contribution in [3.05, 3.63) is 152 Å². The highest BCUT2D eigenvalue weighted by molar-refractivity contribution is 8.00. The van der Waals surface area contributed by atoms with Crippen molar-refractivity contribution in [2.75, 3.05) is 4.90 Å². The van der Waals surface area contributed by atoms with E-state index in [-0.39, 0.29) is 0 Å². The molecule has 6 aromatic carbocycles. The van der Waals surface area contributed by atoms with Crippen LogP contribution in [0.3, 0.4) is 0 Å². The number of hydrogen-bond acceptors (Lipinski definition) is 2. The van der Waals surface area contributed by atoms with E-state index in [4.69, 9.17) is 0 Å². The van der Waals surface area contributed by atoms with E-state index in [0.29, 0.717) is 0 Å². The number of fused-ring (bicyclic) bond motifs is 2. The molecule has 6 aromatic rings. The molecule has 0 fully saturated rings. The standard InChI is InChI=1S/C38H31NSSi/c1-41(2)36-18-10-9-17-35(36)40-38-34(16-11-19-37(38)41)39(32-24-20-30(21-25-32)28-12-5-3-6-13-28)33-26-22-31(23-27-33)29-14-7-4-8-15-29/h3-27H,1-2H3. The number of hydrogen-bond donors (Lipinski definition) is 0. The molecular weight excluding hydrogens is 531 g/mol. The van der Waals surface area contributed by atoms with Crippen molar-refractivity contribution in [2.24, 2.45) is 0 Å². The predicted molar refractivity (Wildman–Crippen MR) is 179 cm³/mol. The van der Waals surface area contributed by atoms with E-state index in [1.54, 1.807) is 0 Å². The molecule has 0 amide bonds. The van der Waals surface area contributed by atoms with Crippen LogP contribution in [-0.2, 0) is 0 Å². The molecule has 198 valence electrons. The molecule has 1 aliphatic heterocycles. The molecule has 0 aromatic heterocycles. The summed E-state index contributed by atoms with van der Waals surface area (Å²) in [4.78, 5) is 5.21. The van der Waals surface area contributed by atoms with E-state index < -0.39 is 8.07 Å². The molecule has 7 rings (SSSR count). The highest BCUT2D eigenvalue weighted by atomic mass is 32.2. The first-order chi connectivity index (χ1) is 20.1. The Morgan fingerprint density at radius 1 is 0.439 bits per heavy atom. The van der Waals surface area contributed by atoms with Gasteiger partial charge in [0.05, 0.1) is 5.69 Å². The molecule has 1 nitrogen and oxygen atoms in total. The lowest BCUT2D eigenvalue weighted by Gasteiger charge is -2.36. The Morgan fingerprint density at radius 2 is 0.902 bits per heavy atom. The molecule has 0 bridgehead atoms. The maximum Gasteiger partial charge on any atom is 0.115 e. The van der Waals surface area contributed by atoms with Crippen LogP contribution in [0.4, 0.5) is 17.1 Å². The third-order valence-corrected chi connectivity index (χ3v) is 13.3. The molecule has 1 aliphatic rings. The molecular formula is C38H31NSSi. The second-order valence-electron chi connectivity index (χ2n) is 11.0. The minimum Gasteiger partial charge on any atom is -0.309 e. The predicted octanol–water partition coefficient (Wildman–Crippen LogP) is 9.78. The summed E-state index contributed by atoms with van der Waals surface area (Å²) in [7, 11) is -1.86. The van der Waals surface area contributed by atoms with Gasteiger partial charge in [0, 0.05) is 21.2 Å². The van der Waals surface area contributed by atoms with Gasteiger partial charge in [-0.15, -0.1) is 0 Å². The minimum absolute atomic E-state index is 1.16. The van der Waals surface area contributed by atoms with E-state index in [0.717, 1.165) is 11.4 Å². The molecule has 0 atom stereocenters. The van der Waals surface area contributed by atoms with E-state index in [2.05, 4.69) is 170 Å². The van der Waals surface area contributed by atoms with Gasteiger partial charge in [0.1, 0.15) is 8.07 Å². The Kier molecular flexibility index (Phi) is 6.62. The lowest BCUT2D eigenvalue weighted by atomic mass is 10.0. The fraction of sp³-hybridized carbons (Fsp3) is 0.0526. The monoisotopic (exact) mass is 561 g/mol. The molecule has 0 saturated heterocycles. The quantitative estimate of drug-likeness (QED) is 0.193. The number of rotatable bonds is 5. The SMILES string of the molecule is C[Si]1(C)c2ccccc2Sc2c(N(c3ccc(-c4ccccc4)cc3)c3ccc(-c4ccccc4)cc3)cccc21. The second kappa shape index (κ2) is 10.6. The summed E-state index contributed by atoms with van der Waals surface area (Å²) in [5, 5.41) is 3.03. The van der Waals surface area contributed by atoms with E-state index >= 15 is 0 Å². The molecule has 0 N–H and O–H groups in total. The summed E-state index contributed by atoms with van der Waals surface area (Å²) in [6.45, 7) is 4.98. The normalized spacial score (nSPS) is 13.2. The molecule has 0 spiro atoms. The van der Waals surface area contributed by atoms with Crippen molar-refractivity contribution >= 4 is 47.3 Å². The molecule has 3 heteroatoms. The molecule has 41 heavy (non-hydrogen) atoms. The summed E-state index contributed by atoms with van der Waals surface area (Å²) in [5.74, 6) is 0. The van der Waals surface area contributed by atoms with Crippen LogP contribution in [0.5, 0.6) is 0 Å². The van der Waals surface area contributed by atoms with Gasteiger partial charge in [-0.25, -0.2) is 0 Å². The van der Waals surface area contributed by atoms with Crippen molar-refractivity contribution in [3.63, 3.8) is 0 Å².